The number of nitrogens with two attached hydrogens (primary N) is 1. The summed E-state index contributed by atoms with van der Waals surface area (Å²) in [4.78, 5) is 12.5. The van der Waals surface area contributed by atoms with Gasteiger partial charge in [-0.15, -0.1) is 0 Å². The maximum Gasteiger partial charge on any atom is 0.143 e. The van der Waals surface area contributed by atoms with Crippen LogP contribution < -0.4 is 5.73 Å². The van der Waals surface area contributed by atoms with Crippen molar-refractivity contribution in [1.82, 2.24) is 0 Å². The number of carbonyl (C=O) groups is 1. The maximum atomic E-state index is 12.5. The van der Waals surface area contributed by atoms with E-state index in [1.807, 2.05) is 52.0 Å². The molecule has 1 aromatic rings. The lowest BCUT2D eigenvalue weighted by Gasteiger charge is -2.26. The van der Waals surface area contributed by atoms with E-state index < -0.39 is 0 Å². The molecule has 3 nitrogen and oxygen atoms in total. The molecular weight excluding hydrogens is 238 g/mol. The van der Waals surface area contributed by atoms with Crippen LogP contribution in [0.1, 0.15) is 39.7 Å². The van der Waals surface area contributed by atoms with Crippen LogP contribution in [0.25, 0.3) is 0 Å². The molecule has 1 unspecified atom stereocenters. The fraction of sp³-hybridized carbons (Fsp3) is 0.562. The molecule has 104 valence electrons. The van der Waals surface area contributed by atoms with Gasteiger partial charge in [-0.25, -0.2) is 0 Å². The van der Waals surface area contributed by atoms with Gasteiger partial charge in [-0.2, -0.15) is 0 Å². The Bertz CT molecular complexity index is 474. The van der Waals surface area contributed by atoms with Crippen molar-refractivity contribution in [1.29, 1.82) is 0 Å². The molecule has 2 N–H and O–H groups in total. The van der Waals surface area contributed by atoms with Gasteiger partial charge >= 0.3 is 0 Å². The van der Waals surface area contributed by atoms with Crippen LogP contribution in [-0.2, 0) is 16.0 Å². The zero-order valence-electron chi connectivity index (χ0n) is 12.2. The van der Waals surface area contributed by atoms with Crippen LogP contribution in [0.5, 0.6) is 0 Å². The van der Waals surface area contributed by atoms with Gasteiger partial charge in [0, 0.05) is 18.0 Å². The standard InChI is InChI=1S/C16H23NO2/c1-15(2)10-13(16(3,4)19-15)14(18)9-11-5-7-12(17)8-6-11/h5-8,13H,9-10,17H2,1-4H3. The van der Waals surface area contributed by atoms with Crippen molar-refractivity contribution in [3.8, 4) is 0 Å². The molecule has 0 aliphatic carbocycles. The van der Waals surface area contributed by atoms with Gasteiger partial charge in [0.15, 0.2) is 0 Å². The van der Waals surface area contributed by atoms with E-state index in [9.17, 15) is 4.79 Å². The van der Waals surface area contributed by atoms with Crippen LogP contribution in [0.15, 0.2) is 24.3 Å². The average Bonchev–Trinajstić information content (AvgIpc) is 2.50. The Morgan fingerprint density at radius 2 is 1.84 bits per heavy atom. The third-order valence-electron chi connectivity index (χ3n) is 3.82. The minimum atomic E-state index is -0.381. The molecule has 1 heterocycles. The lowest BCUT2D eigenvalue weighted by Crippen LogP contribution is -2.34. The number of carbonyl (C=O) groups excluding carboxylic acids is 1. The molecule has 1 atom stereocenters. The minimum Gasteiger partial charge on any atom is -0.399 e. The zero-order valence-corrected chi connectivity index (χ0v) is 12.2. The largest absolute Gasteiger partial charge is 0.399 e. The fourth-order valence-electron chi connectivity index (χ4n) is 3.02. The lowest BCUT2D eigenvalue weighted by molar-refractivity contribution is -0.128. The molecule has 1 fully saturated rings. The molecule has 0 aromatic heterocycles. The van der Waals surface area contributed by atoms with Crippen LogP contribution in [-0.4, -0.2) is 17.0 Å². The predicted molar refractivity (Wildman–Crippen MR) is 76.9 cm³/mol. The molecule has 1 aromatic carbocycles. The highest BCUT2D eigenvalue weighted by atomic mass is 16.5. The molecule has 3 heteroatoms. The normalized spacial score (nSPS) is 24.3. The number of benzene rings is 1. The highest BCUT2D eigenvalue weighted by Gasteiger charge is 2.48. The third kappa shape index (κ3) is 3.16. The van der Waals surface area contributed by atoms with Gasteiger partial charge in [0.1, 0.15) is 5.78 Å². The molecule has 1 aliphatic heterocycles. The van der Waals surface area contributed by atoms with Crippen molar-refractivity contribution in [2.45, 2.75) is 51.7 Å². The van der Waals surface area contributed by atoms with Crippen LogP contribution in [0.4, 0.5) is 5.69 Å². The van der Waals surface area contributed by atoms with Crippen LogP contribution in [0.3, 0.4) is 0 Å². The first-order valence-corrected chi connectivity index (χ1v) is 6.77. The number of hydrogen-bond acceptors (Lipinski definition) is 3. The van der Waals surface area contributed by atoms with Gasteiger partial charge < -0.3 is 10.5 Å². The van der Waals surface area contributed by atoms with Crippen molar-refractivity contribution in [2.75, 3.05) is 5.73 Å². The van der Waals surface area contributed by atoms with E-state index in [1.54, 1.807) is 0 Å². The van der Waals surface area contributed by atoms with Crippen LogP contribution >= 0.6 is 0 Å². The SMILES string of the molecule is CC1(C)CC(C(=O)Cc2ccc(N)cc2)C(C)(C)O1. The molecule has 0 spiro atoms. The summed E-state index contributed by atoms with van der Waals surface area (Å²) in [7, 11) is 0. The molecule has 19 heavy (non-hydrogen) atoms. The Morgan fingerprint density at radius 1 is 1.26 bits per heavy atom. The van der Waals surface area contributed by atoms with Gasteiger partial charge in [0.05, 0.1) is 11.2 Å². The van der Waals surface area contributed by atoms with Crippen LogP contribution in [0.2, 0.25) is 0 Å². The molecule has 0 amide bonds. The topological polar surface area (TPSA) is 52.3 Å². The number of anilines is 1. The van der Waals surface area contributed by atoms with Crippen molar-refractivity contribution >= 4 is 11.5 Å². The number of hydrogen-bond donors (Lipinski definition) is 1. The van der Waals surface area contributed by atoms with Gasteiger partial charge in [-0.3, -0.25) is 4.79 Å². The molecule has 1 aliphatic rings. The molecule has 0 saturated carbocycles. The van der Waals surface area contributed by atoms with E-state index in [0.717, 1.165) is 17.7 Å². The zero-order chi connectivity index (χ0) is 14.3. The number of rotatable bonds is 3. The Kier molecular flexibility index (Phi) is 3.43. The highest BCUT2D eigenvalue weighted by Crippen LogP contribution is 2.42. The van der Waals surface area contributed by atoms with Crippen molar-refractivity contribution in [2.24, 2.45) is 5.92 Å². The Morgan fingerprint density at radius 3 is 2.32 bits per heavy atom. The van der Waals surface area contributed by atoms with Gasteiger partial charge in [-0.1, -0.05) is 12.1 Å². The Hall–Kier alpha value is -1.35. The Labute approximate surface area is 115 Å². The van der Waals surface area contributed by atoms with Gasteiger partial charge in [0.25, 0.3) is 0 Å². The number of Topliss-reactive ketones (excluding diaryl/α,β-unsaturated/α-hetero) is 1. The fourth-order valence-corrected chi connectivity index (χ4v) is 3.02. The predicted octanol–water partition coefficient (Wildman–Crippen LogP) is 2.97. The second-order valence-corrected chi connectivity index (χ2v) is 6.61. The number of ketones is 1. The highest BCUT2D eigenvalue weighted by molar-refractivity contribution is 5.84. The second-order valence-electron chi connectivity index (χ2n) is 6.61. The summed E-state index contributed by atoms with van der Waals surface area (Å²) in [5.41, 5.74) is 6.79. The van der Waals surface area contributed by atoms with E-state index in [-0.39, 0.29) is 22.9 Å². The van der Waals surface area contributed by atoms with E-state index >= 15 is 0 Å². The molecule has 2 rings (SSSR count). The lowest BCUT2D eigenvalue weighted by atomic mass is 9.82. The van der Waals surface area contributed by atoms with Gasteiger partial charge in [0.2, 0.25) is 0 Å². The van der Waals surface area contributed by atoms with E-state index in [0.29, 0.717) is 6.42 Å². The summed E-state index contributed by atoms with van der Waals surface area (Å²) < 4.78 is 5.99. The Balaban J connectivity index is 2.10. The maximum absolute atomic E-state index is 12.5. The summed E-state index contributed by atoms with van der Waals surface area (Å²) in [6.45, 7) is 8.11. The minimum absolute atomic E-state index is 0.0416. The van der Waals surface area contributed by atoms with Crippen molar-refractivity contribution in [3.05, 3.63) is 29.8 Å². The van der Waals surface area contributed by atoms with E-state index in [2.05, 4.69) is 0 Å². The summed E-state index contributed by atoms with van der Waals surface area (Å²) in [6, 6.07) is 7.51. The summed E-state index contributed by atoms with van der Waals surface area (Å²) in [6.07, 6.45) is 1.24. The summed E-state index contributed by atoms with van der Waals surface area (Å²) in [5.74, 6) is 0.209. The molecular formula is C16H23NO2. The number of nitrogen functional groups attached to an aromatic ring is 1. The van der Waals surface area contributed by atoms with Crippen molar-refractivity contribution < 1.29 is 9.53 Å². The molecule has 0 bridgehead atoms. The summed E-state index contributed by atoms with van der Waals surface area (Å²) in [5, 5.41) is 0. The first-order chi connectivity index (χ1) is 8.70. The monoisotopic (exact) mass is 261 g/mol. The van der Waals surface area contributed by atoms with Crippen LogP contribution in [0, 0.1) is 5.92 Å². The van der Waals surface area contributed by atoms with E-state index in [4.69, 9.17) is 10.5 Å². The first kappa shape index (κ1) is 14.1. The third-order valence-corrected chi connectivity index (χ3v) is 3.82. The number of ether oxygens (including phenoxy) is 1. The average molecular weight is 261 g/mol. The van der Waals surface area contributed by atoms with E-state index in [1.165, 1.54) is 0 Å². The first-order valence-electron chi connectivity index (χ1n) is 6.77. The van der Waals surface area contributed by atoms with Gasteiger partial charge in [-0.05, 0) is 51.8 Å². The quantitative estimate of drug-likeness (QED) is 0.851. The second kappa shape index (κ2) is 4.64. The smallest absolute Gasteiger partial charge is 0.143 e. The van der Waals surface area contributed by atoms with Crippen molar-refractivity contribution in [3.63, 3.8) is 0 Å². The summed E-state index contributed by atoms with van der Waals surface area (Å²) >= 11 is 0. The molecule has 0 radical (unpaired) electrons. The molecule has 1 saturated heterocycles.